The number of nitrogens with zero attached hydrogens (tertiary/aromatic N) is 2. The highest BCUT2D eigenvalue weighted by molar-refractivity contribution is 6.44. The predicted molar refractivity (Wildman–Crippen MR) is 107 cm³/mol. The Morgan fingerprint density at radius 3 is 2.33 bits per heavy atom. The number of rotatable bonds is 3. The van der Waals surface area contributed by atoms with E-state index in [1.165, 1.54) is 16.9 Å². The zero-order valence-corrected chi connectivity index (χ0v) is 17.8. The molecule has 0 radical (unpaired) electrons. The lowest BCUT2D eigenvalue weighted by Crippen LogP contribution is -2.46. The average Bonchev–Trinajstić information content (AvgIpc) is 2.78. The second-order valence-electron chi connectivity index (χ2n) is 7.91. The van der Waals surface area contributed by atoms with Gasteiger partial charge in [-0.25, -0.2) is 13.6 Å². The molecular formula is C21H23F5N4O3. The highest BCUT2D eigenvalue weighted by Crippen LogP contribution is 2.41. The van der Waals surface area contributed by atoms with E-state index in [9.17, 15) is 31.5 Å². The van der Waals surface area contributed by atoms with Gasteiger partial charge in [-0.2, -0.15) is 13.2 Å². The summed E-state index contributed by atoms with van der Waals surface area (Å²) in [6, 6.07) is 1.60. The van der Waals surface area contributed by atoms with E-state index in [1.54, 1.807) is 0 Å². The first-order valence-electron chi connectivity index (χ1n) is 10.2. The summed E-state index contributed by atoms with van der Waals surface area (Å²) >= 11 is 0. The Bertz CT molecular complexity index is 1000. The minimum Gasteiger partial charge on any atom is -0.453 e. The van der Waals surface area contributed by atoms with Gasteiger partial charge in [0.15, 0.2) is 11.6 Å². The van der Waals surface area contributed by atoms with Gasteiger partial charge in [0, 0.05) is 37.3 Å². The van der Waals surface area contributed by atoms with Gasteiger partial charge >= 0.3 is 12.3 Å². The molecule has 2 aliphatic rings. The van der Waals surface area contributed by atoms with Gasteiger partial charge in [-0.15, -0.1) is 0 Å². The third-order valence-corrected chi connectivity index (χ3v) is 5.97. The molecule has 0 spiro atoms. The van der Waals surface area contributed by atoms with Gasteiger partial charge in [-0.3, -0.25) is 10.2 Å². The van der Waals surface area contributed by atoms with Crippen molar-refractivity contribution in [3.8, 4) is 0 Å². The van der Waals surface area contributed by atoms with Crippen LogP contribution in [-0.4, -0.2) is 60.8 Å². The number of hydrogen-bond acceptors (Lipinski definition) is 5. The van der Waals surface area contributed by atoms with E-state index in [1.807, 2.05) is 0 Å². The Hall–Kier alpha value is -3.18. The molecule has 12 heteroatoms. The van der Waals surface area contributed by atoms with Crippen LogP contribution in [0.3, 0.4) is 0 Å². The lowest BCUT2D eigenvalue weighted by Gasteiger charge is -2.34. The molecule has 3 rings (SSSR count). The van der Waals surface area contributed by atoms with E-state index in [2.05, 4.69) is 4.74 Å². The van der Waals surface area contributed by atoms with Crippen LogP contribution in [-0.2, 0) is 15.7 Å². The Kier molecular flexibility index (Phi) is 6.94. The van der Waals surface area contributed by atoms with Crippen LogP contribution in [0.2, 0.25) is 0 Å². The minimum atomic E-state index is -5.06. The molecule has 3 N–H and O–H groups in total. The summed E-state index contributed by atoms with van der Waals surface area (Å²) in [5.74, 6) is -4.91. The second-order valence-corrected chi connectivity index (χ2v) is 7.91. The Morgan fingerprint density at radius 2 is 1.76 bits per heavy atom. The van der Waals surface area contributed by atoms with Crippen molar-refractivity contribution >= 4 is 17.7 Å². The molecule has 1 aromatic rings. The summed E-state index contributed by atoms with van der Waals surface area (Å²) in [7, 11) is 1.21. The number of benzene rings is 1. The first-order valence-corrected chi connectivity index (χ1v) is 10.2. The molecule has 180 valence electrons. The number of carbonyl (C=O) groups excluding carboxylic acids is 2. The number of halogens is 5. The van der Waals surface area contributed by atoms with Crippen molar-refractivity contribution in [3.05, 3.63) is 46.2 Å². The van der Waals surface area contributed by atoms with Crippen molar-refractivity contribution < 1.29 is 36.3 Å². The van der Waals surface area contributed by atoms with Crippen LogP contribution in [0.15, 0.2) is 23.4 Å². The molecule has 0 aliphatic carbocycles. The van der Waals surface area contributed by atoms with E-state index < -0.39 is 47.0 Å². The van der Waals surface area contributed by atoms with Crippen LogP contribution in [0, 0.1) is 17.0 Å². The molecule has 1 aromatic carbocycles. The molecule has 0 saturated carbocycles. The van der Waals surface area contributed by atoms with Gasteiger partial charge in [-0.1, -0.05) is 6.07 Å². The summed E-state index contributed by atoms with van der Waals surface area (Å²) in [5.41, 5.74) is 4.08. The lowest BCUT2D eigenvalue weighted by atomic mass is 9.85. The van der Waals surface area contributed by atoms with E-state index in [0.29, 0.717) is 11.8 Å². The van der Waals surface area contributed by atoms with Crippen LogP contribution in [0.25, 0.3) is 0 Å². The number of nitrogens with one attached hydrogen (secondary N) is 1. The molecule has 33 heavy (non-hydrogen) atoms. The highest BCUT2D eigenvalue weighted by atomic mass is 19.4. The fraction of sp³-hybridized carbons (Fsp3) is 0.476. The monoisotopic (exact) mass is 474 g/mol. The molecule has 1 saturated heterocycles. The van der Waals surface area contributed by atoms with Crippen molar-refractivity contribution in [1.29, 1.82) is 5.41 Å². The Morgan fingerprint density at radius 1 is 1.12 bits per heavy atom. The minimum absolute atomic E-state index is 0.0239. The van der Waals surface area contributed by atoms with Crippen molar-refractivity contribution in [2.75, 3.05) is 33.3 Å². The molecule has 0 atom stereocenters. The van der Waals surface area contributed by atoms with Gasteiger partial charge in [0.2, 0.25) is 0 Å². The molecule has 0 bridgehead atoms. The summed E-state index contributed by atoms with van der Waals surface area (Å²) in [6.07, 6.45) is -5.26. The number of carbonyl (C=O) groups is 2. The number of likely N-dealkylation sites (tertiary alicyclic amines) is 1. The normalized spacial score (nSPS) is 17.9. The number of ether oxygens (including phenoxy) is 1. The molecule has 2 aliphatic heterocycles. The molecule has 2 amide bonds. The predicted octanol–water partition coefficient (Wildman–Crippen LogP) is 3.39. The van der Waals surface area contributed by atoms with Crippen molar-refractivity contribution in [3.63, 3.8) is 0 Å². The maximum Gasteiger partial charge on any atom is 0.419 e. The zero-order chi connectivity index (χ0) is 24.5. The second kappa shape index (κ2) is 9.36. The fourth-order valence-electron chi connectivity index (χ4n) is 4.18. The number of piperidine rings is 1. The van der Waals surface area contributed by atoms with E-state index in [-0.39, 0.29) is 56.6 Å². The van der Waals surface area contributed by atoms with Gasteiger partial charge in [-0.05, 0) is 30.4 Å². The summed E-state index contributed by atoms with van der Waals surface area (Å²) in [5, 5.41) is 8.28. The maximum absolute atomic E-state index is 13.9. The first-order chi connectivity index (χ1) is 15.5. The molecule has 1 fully saturated rings. The third kappa shape index (κ3) is 4.93. The van der Waals surface area contributed by atoms with Crippen molar-refractivity contribution in [2.45, 2.75) is 31.4 Å². The highest BCUT2D eigenvalue weighted by Gasteiger charge is 2.41. The quantitative estimate of drug-likeness (QED) is 0.518. The molecule has 0 unspecified atom stereocenters. The van der Waals surface area contributed by atoms with E-state index >= 15 is 0 Å². The van der Waals surface area contributed by atoms with Gasteiger partial charge in [0.25, 0.3) is 5.91 Å². The number of methoxy groups -OCH3 is 1. The zero-order valence-electron chi connectivity index (χ0n) is 17.8. The smallest absolute Gasteiger partial charge is 0.419 e. The number of nitrogens with two attached hydrogens (primary N) is 1. The van der Waals surface area contributed by atoms with Crippen LogP contribution in [0.4, 0.5) is 26.7 Å². The number of hydrogen-bond donors (Lipinski definition) is 2. The lowest BCUT2D eigenvalue weighted by molar-refractivity contribution is -0.141. The van der Waals surface area contributed by atoms with Crippen LogP contribution < -0.4 is 5.73 Å². The van der Waals surface area contributed by atoms with Gasteiger partial charge in [0.1, 0.15) is 5.71 Å². The average molecular weight is 474 g/mol. The number of amides is 2. The Labute approximate surface area is 186 Å². The first kappa shape index (κ1) is 24.5. The SMILES string of the molecule is COC(=O)N1CCC(N)=C(C(=N)C(=O)N2CCC(c3ccc(F)c(F)c3C(F)(F)F)CC2)C1. The van der Waals surface area contributed by atoms with E-state index in [4.69, 9.17) is 11.1 Å². The molecular weight excluding hydrogens is 451 g/mol. The molecule has 0 aromatic heterocycles. The van der Waals surface area contributed by atoms with Crippen LogP contribution >= 0.6 is 0 Å². The molecule has 7 nitrogen and oxygen atoms in total. The topological polar surface area (TPSA) is 99.7 Å². The van der Waals surface area contributed by atoms with E-state index in [0.717, 1.165) is 6.07 Å². The Balaban J connectivity index is 1.72. The van der Waals surface area contributed by atoms with Gasteiger partial charge in [0.05, 0.1) is 19.2 Å². The largest absolute Gasteiger partial charge is 0.453 e. The van der Waals surface area contributed by atoms with Crippen LogP contribution in [0.5, 0.6) is 0 Å². The van der Waals surface area contributed by atoms with Crippen molar-refractivity contribution in [1.82, 2.24) is 9.80 Å². The third-order valence-electron chi connectivity index (χ3n) is 5.97. The summed E-state index contributed by atoms with van der Waals surface area (Å²) in [6.45, 7) is 0.264. The van der Waals surface area contributed by atoms with Crippen molar-refractivity contribution in [2.24, 2.45) is 5.73 Å². The number of alkyl halides is 3. The molecule has 2 heterocycles. The summed E-state index contributed by atoms with van der Waals surface area (Å²) < 4.78 is 72.1. The maximum atomic E-state index is 13.9. The summed E-state index contributed by atoms with van der Waals surface area (Å²) in [4.78, 5) is 27.2. The van der Waals surface area contributed by atoms with Crippen LogP contribution in [0.1, 0.15) is 36.3 Å². The standard InChI is InChI=1S/C21H23F5N4O3/c1-33-20(32)30-9-6-15(27)13(10-30)18(28)19(31)29-7-4-11(5-8-29)12-2-3-14(22)17(23)16(12)21(24,25)26/h2-3,11,28H,4-10,27H2,1H3. The van der Waals surface area contributed by atoms with Gasteiger partial charge < -0.3 is 20.3 Å². The fourth-order valence-corrected chi connectivity index (χ4v) is 4.18.